The molecule has 4 aromatic rings. The van der Waals surface area contributed by atoms with Crippen molar-refractivity contribution < 1.29 is 4.74 Å². The van der Waals surface area contributed by atoms with Crippen LogP contribution < -0.4 is 15.8 Å². The molecule has 0 fully saturated rings. The molecule has 0 spiro atoms. The number of nitrogen functional groups attached to an aromatic ring is 1. The van der Waals surface area contributed by atoms with E-state index in [1.54, 1.807) is 12.4 Å². The molecule has 0 saturated heterocycles. The number of benzene rings is 1. The zero-order chi connectivity index (χ0) is 16.4. The van der Waals surface area contributed by atoms with Gasteiger partial charge in [-0.25, -0.2) is 9.97 Å². The molecule has 3 heterocycles. The van der Waals surface area contributed by atoms with Crippen LogP contribution in [0.2, 0.25) is 0 Å². The van der Waals surface area contributed by atoms with E-state index in [0.29, 0.717) is 22.4 Å². The standard InChI is InChI=1S/C16H12N6OS/c17-12-14(22-16-19-7-8-24-16)20-9-21-15(12)23-11-5-1-3-10-4-2-6-18-13(10)11/h1-9H,17H2,(H,19,20,21,22). The van der Waals surface area contributed by atoms with E-state index >= 15 is 0 Å². The Bertz CT molecular complexity index is 984. The van der Waals surface area contributed by atoms with Crippen molar-refractivity contribution in [3.8, 4) is 11.6 Å². The van der Waals surface area contributed by atoms with E-state index in [4.69, 9.17) is 10.5 Å². The number of nitrogens with two attached hydrogens (primary N) is 1. The smallest absolute Gasteiger partial charge is 0.248 e. The fourth-order valence-corrected chi connectivity index (χ4v) is 2.74. The van der Waals surface area contributed by atoms with Crippen LogP contribution in [0.5, 0.6) is 11.6 Å². The third kappa shape index (κ3) is 2.70. The molecule has 3 N–H and O–H groups in total. The van der Waals surface area contributed by atoms with Crippen LogP contribution >= 0.6 is 11.3 Å². The summed E-state index contributed by atoms with van der Waals surface area (Å²) in [5.74, 6) is 1.30. The zero-order valence-corrected chi connectivity index (χ0v) is 13.2. The molecular weight excluding hydrogens is 324 g/mol. The molecule has 0 bridgehead atoms. The van der Waals surface area contributed by atoms with Gasteiger partial charge in [-0.1, -0.05) is 18.2 Å². The summed E-state index contributed by atoms with van der Waals surface area (Å²) in [7, 11) is 0. The van der Waals surface area contributed by atoms with E-state index in [9.17, 15) is 0 Å². The minimum Gasteiger partial charge on any atom is -0.435 e. The van der Waals surface area contributed by atoms with Crippen LogP contribution in [-0.4, -0.2) is 19.9 Å². The number of pyridine rings is 1. The van der Waals surface area contributed by atoms with E-state index in [2.05, 4.69) is 25.3 Å². The first-order chi connectivity index (χ1) is 11.8. The average Bonchev–Trinajstić information content (AvgIpc) is 3.12. The summed E-state index contributed by atoms with van der Waals surface area (Å²) in [5.41, 5.74) is 7.18. The second-order valence-corrected chi connectivity index (χ2v) is 5.73. The fourth-order valence-electron chi connectivity index (χ4n) is 2.21. The first-order valence-electron chi connectivity index (χ1n) is 7.10. The molecule has 0 aliphatic carbocycles. The van der Waals surface area contributed by atoms with Gasteiger partial charge in [0.1, 0.15) is 17.5 Å². The zero-order valence-electron chi connectivity index (χ0n) is 12.4. The number of hydrogen-bond acceptors (Lipinski definition) is 8. The predicted octanol–water partition coefficient (Wildman–Crippen LogP) is 3.60. The predicted molar refractivity (Wildman–Crippen MR) is 93.7 cm³/mol. The Morgan fingerprint density at radius 3 is 2.79 bits per heavy atom. The molecule has 4 rings (SSSR count). The molecule has 0 amide bonds. The van der Waals surface area contributed by atoms with Crippen molar-refractivity contribution in [2.45, 2.75) is 0 Å². The van der Waals surface area contributed by atoms with Crippen molar-refractivity contribution in [2.75, 3.05) is 11.1 Å². The molecule has 1 aromatic carbocycles. The van der Waals surface area contributed by atoms with Crippen molar-refractivity contribution in [1.82, 2.24) is 19.9 Å². The SMILES string of the molecule is Nc1c(Nc2nccs2)ncnc1Oc1cccc2cccnc12. The fraction of sp³-hybridized carbons (Fsp3) is 0. The lowest BCUT2D eigenvalue weighted by Crippen LogP contribution is -2.03. The van der Waals surface area contributed by atoms with Crippen molar-refractivity contribution in [3.05, 3.63) is 54.4 Å². The van der Waals surface area contributed by atoms with Crippen LogP contribution in [0, 0.1) is 0 Å². The van der Waals surface area contributed by atoms with Crippen LogP contribution in [-0.2, 0) is 0 Å². The lowest BCUT2D eigenvalue weighted by Gasteiger charge is -2.11. The molecule has 0 unspecified atom stereocenters. The van der Waals surface area contributed by atoms with E-state index in [1.165, 1.54) is 17.7 Å². The number of anilines is 3. The first kappa shape index (κ1) is 14.3. The molecule has 3 aromatic heterocycles. The lowest BCUT2D eigenvalue weighted by atomic mass is 10.2. The summed E-state index contributed by atoms with van der Waals surface area (Å²) < 4.78 is 5.89. The van der Waals surface area contributed by atoms with Gasteiger partial charge in [-0.2, -0.15) is 4.98 Å². The second kappa shape index (κ2) is 6.09. The summed E-state index contributed by atoms with van der Waals surface area (Å²) in [6, 6.07) is 9.53. The number of hydrogen-bond donors (Lipinski definition) is 2. The molecule has 8 heteroatoms. The van der Waals surface area contributed by atoms with Gasteiger partial charge in [0.05, 0.1) is 0 Å². The number of ether oxygens (including phenoxy) is 1. The van der Waals surface area contributed by atoms with Crippen LogP contribution in [0.1, 0.15) is 0 Å². The monoisotopic (exact) mass is 336 g/mol. The molecular formula is C16H12N6OS. The third-order valence-corrected chi connectivity index (χ3v) is 4.00. The van der Waals surface area contributed by atoms with Gasteiger partial charge in [0.2, 0.25) is 5.88 Å². The van der Waals surface area contributed by atoms with Crippen LogP contribution in [0.4, 0.5) is 16.6 Å². The highest BCUT2D eigenvalue weighted by atomic mass is 32.1. The number of thiazole rings is 1. The maximum Gasteiger partial charge on any atom is 0.248 e. The highest BCUT2D eigenvalue weighted by Gasteiger charge is 2.13. The van der Waals surface area contributed by atoms with E-state index in [1.807, 2.05) is 35.7 Å². The maximum atomic E-state index is 6.14. The highest BCUT2D eigenvalue weighted by Crippen LogP contribution is 2.33. The quantitative estimate of drug-likeness (QED) is 0.587. The Balaban J connectivity index is 1.69. The van der Waals surface area contributed by atoms with Crippen LogP contribution in [0.3, 0.4) is 0 Å². The molecule has 24 heavy (non-hydrogen) atoms. The summed E-state index contributed by atoms with van der Waals surface area (Å²) in [6.07, 6.45) is 4.80. The average molecular weight is 336 g/mol. The summed E-state index contributed by atoms with van der Waals surface area (Å²) in [6.45, 7) is 0. The van der Waals surface area contributed by atoms with Gasteiger partial charge in [0, 0.05) is 23.2 Å². The van der Waals surface area contributed by atoms with Crippen molar-refractivity contribution in [1.29, 1.82) is 0 Å². The van der Waals surface area contributed by atoms with Gasteiger partial charge in [-0.05, 0) is 12.1 Å². The largest absolute Gasteiger partial charge is 0.435 e. The molecule has 0 atom stereocenters. The molecule has 118 valence electrons. The highest BCUT2D eigenvalue weighted by molar-refractivity contribution is 7.13. The van der Waals surface area contributed by atoms with Crippen LogP contribution in [0.25, 0.3) is 10.9 Å². The summed E-state index contributed by atoms with van der Waals surface area (Å²) >= 11 is 1.45. The Morgan fingerprint density at radius 2 is 1.92 bits per heavy atom. The maximum absolute atomic E-state index is 6.14. The molecule has 0 radical (unpaired) electrons. The van der Waals surface area contributed by atoms with Crippen molar-refractivity contribution >= 4 is 38.9 Å². The summed E-state index contributed by atoms with van der Waals surface area (Å²) in [4.78, 5) is 16.8. The Kier molecular flexibility index (Phi) is 3.64. The Morgan fingerprint density at radius 1 is 1.00 bits per heavy atom. The first-order valence-corrected chi connectivity index (χ1v) is 7.98. The molecule has 0 aliphatic rings. The number of fused-ring (bicyclic) bond motifs is 1. The van der Waals surface area contributed by atoms with Crippen molar-refractivity contribution in [2.24, 2.45) is 0 Å². The Hall–Kier alpha value is -3.26. The summed E-state index contributed by atoms with van der Waals surface area (Å²) in [5, 5.41) is 6.58. The van der Waals surface area contributed by atoms with Gasteiger partial charge in [0.15, 0.2) is 16.7 Å². The normalized spacial score (nSPS) is 10.7. The van der Waals surface area contributed by atoms with Gasteiger partial charge in [-0.3, -0.25) is 4.98 Å². The third-order valence-electron chi connectivity index (χ3n) is 3.31. The number of para-hydroxylation sites is 1. The van der Waals surface area contributed by atoms with E-state index < -0.39 is 0 Å². The minimum absolute atomic E-state index is 0.266. The molecule has 0 saturated carbocycles. The second-order valence-electron chi connectivity index (χ2n) is 4.84. The number of rotatable bonds is 4. The lowest BCUT2D eigenvalue weighted by molar-refractivity contribution is 0.469. The topological polar surface area (TPSA) is 98.8 Å². The van der Waals surface area contributed by atoms with E-state index in [-0.39, 0.29) is 5.88 Å². The van der Waals surface area contributed by atoms with Gasteiger partial charge < -0.3 is 15.8 Å². The van der Waals surface area contributed by atoms with Gasteiger partial charge in [0.25, 0.3) is 0 Å². The van der Waals surface area contributed by atoms with Gasteiger partial charge >= 0.3 is 0 Å². The number of nitrogens with one attached hydrogen (secondary N) is 1. The van der Waals surface area contributed by atoms with E-state index in [0.717, 1.165) is 10.9 Å². The van der Waals surface area contributed by atoms with Crippen LogP contribution in [0.15, 0.2) is 54.4 Å². The molecule has 0 aliphatic heterocycles. The Labute approximate surface area is 141 Å². The number of nitrogens with zero attached hydrogens (tertiary/aromatic N) is 4. The minimum atomic E-state index is 0.266. The number of aromatic nitrogens is 4. The van der Waals surface area contributed by atoms with Crippen molar-refractivity contribution in [3.63, 3.8) is 0 Å². The molecule has 7 nitrogen and oxygen atoms in total. The van der Waals surface area contributed by atoms with Gasteiger partial charge in [-0.15, -0.1) is 11.3 Å².